The van der Waals surface area contributed by atoms with E-state index >= 15 is 0 Å². The molecular weight excluding hydrogens is 218 g/mol. The van der Waals surface area contributed by atoms with Gasteiger partial charge in [0.1, 0.15) is 0 Å². The number of esters is 1. The van der Waals surface area contributed by atoms with E-state index in [4.69, 9.17) is 4.74 Å². The van der Waals surface area contributed by atoms with Gasteiger partial charge in [-0.3, -0.25) is 4.68 Å². The van der Waals surface area contributed by atoms with E-state index in [9.17, 15) is 4.79 Å². The Kier molecular flexibility index (Phi) is 3.08. The molecule has 5 nitrogen and oxygen atoms in total. The molecule has 0 spiro atoms. The van der Waals surface area contributed by atoms with E-state index in [1.165, 1.54) is 6.20 Å². The molecule has 0 aliphatic carbocycles. The van der Waals surface area contributed by atoms with E-state index in [0.29, 0.717) is 12.2 Å². The van der Waals surface area contributed by atoms with Crippen molar-refractivity contribution in [1.82, 2.24) is 14.8 Å². The van der Waals surface area contributed by atoms with Gasteiger partial charge in [-0.05, 0) is 19.4 Å². The number of hydrogen-bond acceptors (Lipinski definition) is 4. The van der Waals surface area contributed by atoms with Crippen LogP contribution in [0.2, 0.25) is 0 Å². The van der Waals surface area contributed by atoms with Crippen molar-refractivity contribution in [1.29, 1.82) is 0 Å². The van der Waals surface area contributed by atoms with Crippen LogP contribution in [0, 0.1) is 6.92 Å². The van der Waals surface area contributed by atoms with Crippen LogP contribution in [-0.4, -0.2) is 27.3 Å². The van der Waals surface area contributed by atoms with Gasteiger partial charge in [-0.1, -0.05) is 6.92 Å². The maximum absolute atomic E-state index is 11.7. The molecule has 0 atom stereocenters. The van der Waals surface area contributed by atoms with Gasteiger partial charge in [-0.25, -0.2) is 9.78 Å². The third kappa shape index (κ3) is 2.13. The molecule has 2 rings (SSSR count). The fraction of sp³-hybridized carbons (Fsp3) is 0.417. The molecule has 0 N–H and O–H groups in total. The van der Waals surface area contributed by atoms with Crippen LogP contribution in [0.3, 0.4) is 0 Å². The van der Waals surface area contributed by atoms with Crippen molar-refractivity contribution in [2.24, 2.45) is 7.05 Å². The number of carbonyl (C=O) groups excluding carboxylic acids is 1. The molecule has 17 heavy (non-hydrogen) atoms. The summed E-state index contributed by atoms with van der Waals surface area (Å²) in [6.45, 7) is 4.29. The number of aryl methyl sites for hydroxylation is 2. The Morgan fingerprint density at radius 3 is 3.00 bits per heavy atom. The Balaban J connectivity index is 2.37. The maximum atomic E-state index is 11.7. The number of hydrogen-bond donors (Lipinski definition) is 0. The van der Waals surface area contributed by atoms with Crippen LogP contribution in [0.4, 0.5) is 0 Å². The molecule has 0 aromatic carbocycles. The third-order valence-corrected chi connectivity index (χ3v) is 2.54. The van der Waals surface area contributed by atoms with Crippen molar-refractivity contribution in [3.8, 4) is 0 Å². The first-order chi connectivity index (χ1) is 8.13. The van der Waals surface area contributed by atoms with Crippen LogP contribution >= 0.6 is 0 Å². The predicted octanol–water partition coefficient (Wildman–Crippen LogP) is 1.84. The molecule has 0 unspecified atom stereocenters. The van der Waals surface area contributed by atoms with Crippen molar-refractivity contribution in [2.45, 2.75) is 20.3 Å². The highest BCUT2D eigenvalue weighted by molar-refractivity contribution is 5.93. The van der Waals surface area contributed by atoms with Gasteiger partial charge in [0.2, 0.25) is 0 Å². The normalized spacial score (nSPS) is 10.8. The number of pyridine rings is 1. The largest absolute Gasteiger partial charge is 0.462 e. The van der Waals surface area contributed by atoms with Gasteiger partial charge in [-0.15, -0.1) is 0 Å². The van der Waals surface area contributed by atoms with Gasteiger partial charge in [-0.2, -0.15) is 5.10 Å². The molecule has 0 saturated carbocycles. The second-order valence-corrected chi connectivity index (χ2v) is 3.94. The van der Waals surface area contributed by atoms with E-state index < -0.39 is 0 Å². The predicted molar refractivity (Wildman–Crippen MR) is 63.8 cm³/mol. The van der Waals surface area contributed by atoms with Crippen molar-refractivity contribution in [3.05, 3.63) is 23.5 Å². The highest BCUT2D eigenvalue weighted by Crippen LogP contribution is 2.16. The van der Waals surface area contributed by atoms with Gasteiger partial charge in [0, 0.05) is 18.6 Å². The van der Waals surface area contributed by atoms with Gasteiger partial charge >= 0.3 is 5.97 Å². The average molecular weight is 233 g/mol. The van der Waals surface area contributed by atoms with E-state index in [1.54, 1.807) is 10.7 Å². The van der Waals surface area contributed by atoms with Gasteiger partial charge in [0.15, 0.2) is 5.65 Å². The summed E-state index contributed by atoms with van der Waals surface area (Å²) in [5.74, 6) is -0.329. The summed E-state index contributed by atoms with van der Waals surface area (Å²) < 4.78 is 6.77. The Bertz CT molecular complexity index is 560. The molecule has 2 heterocycles. The maximum Gasteiger partial charge on any atom is 0.339 e. The van der Waals surface area contributed by atoms with Gasteiger partial charge in [0.05, 0.1) is 17.9 Å². The van der Waals surface area contributed by atoms with E-state index in [-0.39, 0.29) is 5.97 Å². The van der Waals surface area contributed by atoms with Crippen molar-refractivity contribution in [2.75, 3.05) is 6.61 Å². The highest BCUT2D eigenvalue weighted by atomic mass is 16.5. The first kappa shape index (κ1) is 11.6. The zero-order chi connectivity index (χ0) is 12.4. The lowest BCUT2D eigenvalue weighted by atomic mass is 10.2. The molecule has 0 amide bonds. The molecule has 0 bridgehead atoms. The topological polar surface area (TPSA) is 57.0 Å². The number of aromatic nitrogens is 3. The number of carbonyl (C=O) groups is 1. The minimum atomic E-state index is -0.329. The summed E-state index contributed by atoms with van der Waals surface area (Å²) in [5, 5.41) is 5.14. The molecule has 0 radical (unpaired) electrons. The summed E-state index contributed by atoms with van der Waals surface area (Å²) in [6, 6.07) is 1.78. The summed E-state index contributed by atoms with van der Waals surface area (Å²) in [4.78, 5) is 15.9. The molecule has 0 aliphatic heterocycles. The fourth-order valence-corrected chi connectivity index (χ4v) is 1.70. The summed E-state index contributed by atoms with van der Waals surface area (Å²) in [7, 11) is 1.83. The Labute approximate surface area is 99.4 Å². The third-order valence-electron chi connectivity index (χ3n) is 2.54. The molecule has 2 aromatic rings. The van der Waals surface area contributed by atoms with E-state index in [2.05, 4.69) is 10.1 Å². The van der Waals surface area contributed by atoms with Crippen LogP contribution in [0.15, 0.2) is 12.3 Å². The molecule has 0 aliphatic rings. The van der Waals surface area contributed by atoms with Crippen LogP contribution in [0.5, 0.6) is 0 Å². The lowest BCUT2D eigenvalue weighted by Crippen LogP contribution is -2.06. The highest BCUT2D eigenvalue weighted by Gasteiger charge is 2.12. The van der Waals surface area contributed by atoms with E-state index in [0.717, 1.165) is 23.1 Å². The van der Waals surface area contributed by atoms with Crippen molar-refractivity contribution < 1.29 is 9.53 Å². The van der Waals surface area contributed by atoms with Gasteiger partial charge in [0.25, 0.3) is 0 Å². The Morgan fingerprint density at radius 1 is 1.53 bits per heavy atom. The molecule has 0 saturated heterocycles. The Hall–Kier alpha value is -1.91. The zero-order valence-electron chi connectivity index (χ0n) is 10.2. The minimum absolute atomic E-state index is 0.329. The minimum Gasteiger partial charge on any atom is -0.462 e. The van der Waals surface area contributed by atoms with Gasteiger partial charge < -0.3 is 4.74 Å². The molecule has 90 valence electrons. The van der Waals surface area contributed by atoms with Crippen LogP contribution < -0.4 is 0 Å². The lowest BCUT2D eigenvalue weighted by molar-refractivity contribution is 0.0505. The fourth-order valence-electron chi connectivity index (χ4n) is 1.70. The zero-order valence-corrected chi connectivity index (χ0v) is 10.2. The number of fused-ring (bicyclic) bond motifs is 1. The Morgan fingerprint density at radius 2 is 2.29 bits per heavy atom. The summed E-state index contributed by atoms with van der Waals surface area (Å²) in [5.41, 5.74) is 2.11. The first-order valence-corrected chi connectivity index (χ1v) is 5.60. The second kappa shape index (κ2) is 4.53. The quantitative estimate of drug-likeness (QED) is 0.759. The molecule has 0 fully saturated rings. The number of nitrogens with zero attached hydrogens (tertiary/aromatic N) is 3. The SMILES string of the molecule is CCCOC(=O)c1cnc2c(c1)c(C)nn2C. The smallest absolute Gasteiger partial charge is 0.339 e. The molecule has 2 aromatic heterocycles. The van der Waals surface area contributed by atoms with Crippen LogP contribution in [0.1, 0.15) is 29.4 Å². The van der Waals surface area contributed by atoms with Crippen LogP contribution in [0.25, 0.3) is 11.0 Å². The average Bonchev–Trinajstić information content (AvgIpc) is 2.61. The molecule has 5 heteroatoms. The van der Waals surface area contributed by atoms with Crippen LogP contribution in [-0.2, 0) is 11.8 Å². The standard InChI is InChI=1S/C12H15N3O2/c1-4-5-17-12(16)9-6-10-8(2)14-15(3)11(10)13-7-9/h6-7H,4-5H2,1-3H3. The lowest BCUT2D eigenvalue weighted by Gasteiger charge is -2.02. The second-order valence-electron chi connectivity index (χ2n) is 3.94. The summed E-state index contributed by atoms with van der Waals surface area (Å²) in [6.07, 6.45) is 2.34. The first-order valence-electron chi connectivity index (χ1n) is 5.60. The number of ether oxygens (including phenoxy) is 1. The van der Waals surface area contributed by atoms with Crippen molar-refractivity contribution >= 4 is 17.0 Å². The van der Waals surface area contributed by atoms with Crippen molar-refractivity contribution in [3.63, 3.8) is 0 Å². The number of rotatable bonds is 3. The molecular formula is C12H15N3O2. The monoisotopic (exact) mass is 233 g/mol. The summed E-state index contributed by atoms with van der Waals surface area (Å²) >= 11 is 0. The van der Waals surface area contributed by atoms with E-state index in [1.807, 2.05) is 20.9 Å².